The average molecular weight is 435 g/mol. The Balaban J connectivity index is 0.000000501. The fourth-order valence-electron chi connectivity index (χ4n) is 2.72. The van der Waals surface area contributed by atoms with Crippen molar-refractivity contribution >= 4 is 23.8 Å². The number of amides is 2. The molecule has 3 rings (SSSR count). The fourth-order valence-corrected chi connectivity index (χ4v) is 2.72. The second-order valence-electron chi connectivity index (χ2n) is 6.56. The third-order valence-electron chi connectivity index (χ3n) is 4.36. The smallest absolute Gasteiger partial charge is 0.414 e. The van der Waals surface area contributed by atoms with Crippen molar-refractivity contribution < 1.29 is 38.2 Å². The molecule has 2 amide bonds. The van der Waals surface area contributed by atoms with E-state index in [4.69, 9.17) is 24.2 Å². The van der Waals surface area contributed by atoms with Crippen molar-refractivity contribution in [2.45, 2.75) is 6.54 Å². The number of aliphatic carboxylic acids is 2. The van der Waals surface area contributed by atoms with Crippen molar-refractivity contribution in [3.8, 4) is 0 Å². The lowest BCUT2D eigenvalue weighted by Crippen LogP contribution is -2.52. The number of nitrogens with one attached hydrogen (secondary N) is 1. The van der Waals surface area contributed by atoms with Gasteiger partial charge >= 0.3 is 18.0 Å². The number of halogens is 1. The van der Waals surface area contributed by atoms with E-state index in [-0.39, 0.29) is 17.6 Å². The monoisotopic (exact) mass is 435 g/mol. The number of hydrogen-bond donors (Lipinski definition) is 3. The van der Waals surface area contributed by atoms with E-state index in [1.165, 1.54) is 18.4 Å². The van der Waals surface area contributed by atoms with Gasteiger partial charge in [-0.15, -0.1) is 0 Å². The lowest BCUT2D eigenvalue weighted by Gasteiger charge is -2.34. The van der Waals surface area contributed by atoms with Crippen LogP contribution in [0.15, 0.2) is 47.1 Å². The van der Waals surface area contributed by atoms with Crippen molar-refractivity contribution in [2.24, 2.45) is 0 Å². The van der Waals surface area contributed by atoms with Crippen LogP contribution in [0, 0.1) is 5.82 Å². The van der Waals surface area contributed by atoms with E-state index in [0.29, 0.717) is 45.0 Å². The first-order valence-corrected chi connectivity index (χ1v) is 9.28. The second kappa shape index (κ2) is 11.5. The van der Waals surface area contributed by atoms with Crippen LogP contribution < -0.4 is 5.32 Å². The van der Waals surface area contributed by atoms with Gasteiger partial charge in [0.25, 0.3) is 0 Å². The van der Waals surface area contributed by atoms with Crippen molar-refractivity contribution in [2.75, 3.05) is 32.7 Å². The maximum absolute atomic E-state index is 12.9. The number of hydrogen-bond acceptors (Lipinski definition) is 6. The summed E-state index contributed by atoms with van der Waals surface area (Å²) in [5.74, 6) is -3.64. The first-order valence-electron chi connectivity index (χ1n) is 9.28. The summed E-state index contributed by atoms with van der Waals surface area (Å²) in [5, 5.41) is 17.6. The molecule has 0 atom stereocenters. The van der Waals surface area contributed by atoms with Gasteiger partial charge in [0.1, 0.15) is 5.82 Å². The second-order valence-corrected chi connectivity index (χ2v) is 6.56. The van der Waals surface area contributed by atoms with Gasteiger partial charge in [-0.05, 0) is 29.8 Å². The molecular weight excluding hydrogens is 413 g/mol. The summed E-state index contributed by atoms with van der Waals surface area (Å²) in [5.41, 5.74) is 0.845. The molecule has 0 spiro atoms. The summed E-state index contributed by atoms with van der Waals surface area (Å²) >= 11 is 0. The Kier molecular flexibility index (Phi) is 8.70. The molecule has 0 radical (unpaired) electrons. The van der Waals surface area contributed by atoms with Crippen molar-refractivity contribution in [3.05, 3.63) is 59.8 Å². The lowest BCUT2D eigenvalue weighted by atomic mass is 10.2. The number of carboxylic acid groups (broad SMARTS) is 2. The molecule has 1 aromatic heterocycles. The van der Waals surface area contributed by atoms with E-state index in [1.54, 1.807) is 29.2 Å². The third kappa shape index (κ3) is 7.90. The van der Waals surface area contributed by atoms with Gasteiger partial charge in [0.15, 0.2) is 5.76 Å². The number of piperazine rings is 1. The van der Waals surface area contributed by atoms with Crippen LogP contribution in [-0.2, 0) is 16.1 Å². The maximum Gasteiger partial charge on any atom is 0.414 e. The molecule has 2 aromatic rings. The minimum Gasteiger partial charge on any atom is -0.473 e. The van der Waals surface area contributed by atoms with Gasteiger partial charge < -0.3 is 24.8 Å². The minimum absolute atomic E-state index is 0.0563. The zero-order valence-corrected chi connectivity index (χ0v) is 16.5. The molecule has 1 fully saturated rings. The van der Waals surface area contributed by atoms with Crippen LogP contribution in [0.4, 0.5) is 9.18 Å². The number of furan rings is 1. The minimum atomic E-state index is -1.82. The van der Waals surface area contributed by atoms with Crippen LogP contribution in [-0.4, -0.2) is 76.5 Å². The molecule has 0 saturated carbocycles. The Hall–Kier alpha value is -3.73. The number of carboxylic acids is 2. The summed E-state index contributed by atoms with van der Waals surface area (Å²) in [6.45, 7) is 3.03. The molecule has 3 N–H and O–H groups in total. The molecule has 1 aliphatic heterocycles. The van der Waals surface area contributed by atoms with Gasteiger partial charge in [0.2, 0.25) is 5.78 Å². The number of urea groups is 1. The fraction of sp³-hybridized carbons (Fsp3) is 0.300. The molecule has 31 heavy (non-hydrogen) atoms. The van der Waals surface area contributed by atoms with Crippen LogP contribution in [0.3, 0.4) is 0 Å². The highest BCUT2D eigenvalue weighted by molar-refractivity contribution is 6.27. The van der Waals surface area contributed by atoms with E-state index < -0.39 is 11.9 Å². The van der Waals surface area contributed by atoms with Gasteiger partial charge in [0.05, 0.1) is 12.8 Å². The number of carbonyl (C=O) groups is 4. The molecule has 1 aliphatic rings. The highest BCUT2D eigenvalue weighted by Crippen LogP contribution is 2.07. The molecule has 0 bridgehead atoms. The van der Waals surface area contributed by atoms with E-state index in [9.17, 15) is 14.0 Å². The average Bonchev–Trinajstić information content (AvgIpc) is 3.29. The van der Waals surface area contributed by atoms with Gasteiger partial charge in [-0.1, -0.05) is 12.1 Å². The summed E-state index contributed by atoms with van der Waals surface area (Å²) in [6, 6.07) is 9.23. The number of carbonyl (C=O) groups excluding carboxylic acids is 2. The van der Waals surface area contributed by atoms with Crippen LogP contribution in [0.1, 0.15) is 16.1 Å². The van der Waals surface area contributed by atoms with E-state index >= 15 is 0 Å². The molecule has 166 valence electrons. The number of Topliss-reactive ketones (excluding diaryl/α,β-unsaturated/α-hetero) is 1. The van der Waals surface area contributed by atoms with E-state index in [1.807, 2.05) is 4.90 Å². The SMILES string of the molecule is O=C(CN1CCN(C(=O)NCc2ccc(F)cc2)CC1)c1ccco1.O=C(O)C(=O)O. The van der Waals surface area contributed by atoms with Gasteiger partial charge in [0, 0.05) is 32.7 Å². The summed E-state index contributed by atoms with van der Waals surface area (Å²) in [7, 11) is 0. The molecule has 1 saturated heterocycles. The lowest BCUT2D eigenvalue weighted by molar-refractivity contribution is -0.159. The molecule has 2 heterocycles. The Morgan fingerprint density at radius 2 is 1.58 bits per heavy atom. The van der Waals surface area contributed by atoms with Crippen LogP contribution in [0.25, 0.3) is 0 Å². The number of rotatable bonds is 5. The number of ketones is 1. The maximum atomic E-state index is 12.9. The molecule has 10 nitrogen and oxygen atoms in total. The normalized spacial score (nSPS) is 13.6. The van der Waals surface area contributed by atoms with Gasteiger partial charge in [-0.25, -0.2) is 18.8 Å². The molecular formula is C20H22FN3O7. The number of nitrogens with zero attached hydrogens (tertiary/aromatic N) is 2. The number of benzene rings is 1. The Labute approximate surface area is 176 Å². The van der Waals surface area contributed by atoms with Crippen molar-refractivity contribution in [1.29, 1.82) is 0 Å². The quantitative estimate of drug-likeness (QED) is 0.471. The largest absolute Gasteiger partial charge is 0.473 e. The molecule has 0 unspecified atom stereocenters. The first-order chi connectivity index (χ1) is 14.8. The zero-order valence-electron chi connectivity index (χ0n) is 16.5. The highest BCUT2D eigenvalue weighted by atomic mass is 19.1. The Bertz CT molecular complexity index is 880. The van der Waals surface area contributed by atoms with Gasteiger partial charge in [-0.2, -0.15) is 0 Å². The predicted molar refractivity (Wildman–Crippen MR) is 105 cm³/mol. The topological polar surface area (TPSA) is 140 Å². The third-order valence-corrected chi connectivity index (χ3v) is 4.36. The van der Waals surface area contributed by atoms with Crippen LogP contribution in [0.2, 0.25) is 0 Å². The van der Waals surface area contributed by atoms with Crippen molar-refractivity contribution in [3.63, 3.8) is 0 Å². The highest BCUT2D eigenvalue weighted by Gasteiger charge is 2.23. The van der Waals surface area contributed by atoms with Gasteiger partial charge in [-0.3, -0.25) is 9.69 Å². The van der Waals surface area contributed by atoms with E-state index in [0.717, 1.165) is 5.56 Å². The molecule has 1 aromatic carbocycles. The summed E-state index contributed by atoms with van der Waals surface area (Å²) in [6.07, 6.45) is 1.48. The summed E-state index contributed by atoms with van der Waals surface area (Å²) in [4.78, 5) is 46.1. The standard InChI is InChI=1S/C18H20FN3O3.C2H2O4/c19-15-5-3-14(4-6-15)12-20-18(24)22-9-7-21(8-10-22)13-16(23)17-2-1-11-25-17;3-1(4)2(5)6/h1-6,11H,7-10,12-13H2,(H,20,24);(H,3,4)(H,5,6). The Morgan fingerprint density at radius 3 is 2.10 bits per heavy atom. The summed E-state index contributed by atoms with van der Waals surface area (Å²) < 4.78 is 18.0. The van der Waals surface area contributed by atoms with E-state index in [2.05, 4.69) is 5.32 Å². The van der Waals surface area contributed by atoms with Crippen LogP contribution in [0.5, 0.6) is 0 Å². The predicted octanol–water partition coefficient (Wildman–Crippen LogP) is 1.28. The zero-order chi connectivity index (χ0) is 22.8. The van der Waals surface area contributed by atoms with Crippen molar-refractivity contribution in [1.82, 2.24) is 15.1 Å². The first kappa shape index (κ1) is 23.5. The Morgan fingerprint density at radius 1 is 0.968 bits per heavy atom. The van der Waals surface area contributed by atoms with Crippen LogP contribution >= 0.6 is 0 Å². The molecule has 0 aliphatic carbocycles. The molecule has 11 heteroatoms.